The lowest BCUT2D eigenvalue weighted by molar-refractivity contribution is -0.118. The Hall–Kier alpha value is -0.770. The molecule has 0 rings (SSSR count). The number of carbonyl (C=O) groups excluding carboxylic acids is 1. The van der Waals surface area contributed by atoms with E-state index < -0.39 is 0 Å². The second-order valence-electron chi connectivity index (χ2n) is 2.17. The van der Waals surface area contributed by atoms with E-state index in [0.717, 1.165) is 12.8 Å². The summed E-state index contributed by atoms with van der Waals surface area (Å²) in [5.74, 6) is 6.07. The Morgan fingerprint density at radius 3 is 2.70 bits per heavy atom. The summed E-state index contributed by atoms with van der Waals surface area (Å²) in [7, 11) is 0. The zero-order valence-corrected chi connectivity index (χ0v) is 6.74. The summed E-state index contributed by atoms with van der Waals surface area (Å²) in [6.45, 7) is 3.72. The summed E-state index contributed by atoms with van der Waals surface area (Å²) in [5, 5.41) is 0. The second kappa shape index (κ2) is 6.35. The van der Waals surface area contributed by atoms with Gasteiger partial charge in [-0.05, 0) is 13.3 Å². The molecular formula is C9H14O. The molecule has 0 aromatic rings. The molecule has 0 atom stereocenters. The number of Topliss-reactive ketones (excluding diaryl/α,β-unsaturated/α-hetero) is 1. The lowest BCUT2D eigenvalue weighted by atomic mass is 10.1. The van der Waals surface area contributed by atoms with E-state index >= 15 is 0 Å². The highest BCUT2D eigenvalue weighted by molar-refractivity contribution is 5.77. The van der Waals surface area contributed by atoms with Crippen molar-refractivity contribution in [3.05, 3.63) is 0 Å². The van der Waals surface area contributed by atoms with Crippen molar-refractivity contribution in [3.63, 3.8) is 0 Å². The van der Waals surface area contributed by atoms with Crippen molar-refractivity contribution in [3.8, 4) is 11.8 Å². The van der Waals surface area contributed by atoms with E-state index in [-0.39, 0.29) is 0 Å². The minimum absolute atomic E-state index is 0.345. The number of rotatable bonds is 4. The molecule has 0 aromatic heterocycles. The molecular weight excluding hydrogens is 124 g/mol. The predicted molar refractivity (Wildman–Crippen MR) is 42.6 cm³/mol. The average molecular weight is 138 g/mol. The van der Waals surface area contributed by atoms with Gasteiger partial charge >= 0.3 is 0 Å². The fraction of sp³-hybridized carbons (Fsp3) is 0.667. The van der Waals surface area contributed by atoms with E-state index in [4.69, 9.17) is 0 Å². The molecule has 1 heteroatoms. The molecule has 1 nitrogen and oxygen atoms in total. The Bertz CT molecular complexity index is 148. The van der Waals surface area contributed by atoms with Crippen molar-refractivity contribution in [2.24, 2.45) is 0 Å². The minimum Gasteiger partial charge on any atom is -0.300 e. The van der Waals surface area contributed by atoms with Crippen LogP contribution >= 0.6 is 0 Å². The van der Waals surface area contributed by atoms with Gasteiger partial charge in [-0.25, -0.2) is 0 Å². The number of unbranched alkanes of at least 4 members (excludes halogenated alkanes) is 1. The van der Waals surface area contributed by atoms with Crippen LogP contribution in [0.15, 0.2) is 0 Å². The Labute approximate surface area is 62.8 Å². The van der Waals surface area contributed by atoms with Gasteiger partial charge in [-0.3, -0.25) is 4.79 Å². The van der Waals surface area contributed by atoms with Crippen LogP contribution in [-0.4, -0.2) is 5.78 Å². The molecule has 10 heavy (non-hydrogen) atoms. The average Bonchev–Trinajstić information content (AvgIpc) is 1.98. The van der Waals surface area contributed by atoms with E-state index in [2.05, 4.69) is 11.8 Å². The van der Waals surface area contributed by atoms with E-state index in [1.165, 1.54) is 0 Å². The van der Waals surface area contributed by atoms with Crippen LogP contribution in [0.5, 0.6) is 0 Å². The molecule has 0 aliphatic carbocycles. The molecule has 0 saturated heterocycles. The molecule has 0 saturated carbocycles. The molecule has 0 heterocycles. The molecule has 0 aliphatic rings. The van der Waals surface area contributed by atoms with Crippen LogP contribution in [0.4, 0.5) is 0 Å². The standard InChI is InChI=1S/C9H14O/c1-3-5-6-7-8-9(10)4-2/h4,6-8H2,1-2H3. The molecule has 0 fully saturated rings. The predicted octanol–water partition coefficient (Wildman–Crippen LogP) is 2.16. The van der Waals surface area contributed by atoms with Gasteiger partial charge in [0.15, 0.2) is 0 Å². The summed E-state index contributed by atoms with van der Waals surface area (Å²) in [6.07, 6.45) is 3.15. The van der Waals surface area contributed by atoms with Crippen molar-refractivity contribution in [2.75, 3.05) is 0 Å². The zero-order valence-electron chi connectivity index (χ0n) is 6.74. The first-order valence-corrected chi connectivity index (χ1v) is 3.72. The highest BCUT2D eigenvalue weighted by Crippen LogP contribution is 1.97. The number of ketones is 1. The van der Waals surface area contributed by atoms with Crippen LogP contribution in [0.1, 0.15) is 39.5 Å². The van der Waals surface area contributed by atoms with Gasteiger partial charge in [-0.1, -0.05) is 6.92 Å². The molecule has 0 aromatic carbocycles. The quantitative estimate of drug-likeness (QED) is 0.430. The Morgan fingerprint density at radius 1 is 1.50 bits per heavy atom. The topological polar surface area (TPSA) is 17.1 Å². The molecule has 0 radical (unpaired) electrons. The molecule has 0 unspecified atom stereocenters. The van der Waals surface area contributed by atoms with E-state index in [1.807, 2.05) is 13.8 Å². The summed E-state index contributed by atoms with van der Waals surface area (Å²) >= 11 is 0. The van der Waals surface area contributed by atoms with Crippen LogP contribution in [0, 0.1) is 11.8 Å². The van der Waals surface area contributed by atoms with Gasteiger partial charge in [0.05, 0.1) is 0 Å². The molecule has 0 spiro atoms. The fourth-order valence-corrected chi connectivity index (χ4v) is 0.676. The summed E-state index contributed by atoms with van der Waals surface area (Å²) in [6, 6.07) is 0. The Kier molecular flexibility index (Phi) is 5.86. The number of carbonyl (C=O) groups is 1. The molecule has 56 valence electrons. The van der Waals surface area contributed by atoms with Crippen LogP contribution in [0.25, 0.3) is 0 Å². The number of hydrogen-bond donors (Lipinski definition) is 0. The van der Waals surface area contributed by atoms with Crippen molar-refractivity contribution in [1.29, 1.82) is 0 Å². The smallest absolute Gasteiger partial charge is 0.132 e. The molecule has 0 amide bonds. The highest BCUT2D eigenvalue weighted by Gasteiger charge is 1.94. The largest absolute Gasteiger partial charge is 0.300 e. The van der Waals surface area contributed by atoms with Crippen LogP contribution in [-0.2, 0) is 4.79 Å². The van der Waals surface area contributed by atoms with Gasteiger partial charge in [-0.15, -0.1) is 11.8 Å². The summed E-state index contributed by atoms with van der Waals surface area (Å²) < 4.78 is 0. The van der Waals surface area contributed by atoms with E-state index in [9.17, 15) is 4.79 Å². The number of hydrogen-bond acceptors (Lipinski definition) is 1. The van der Waals surface area contributed by atoms with Crippen molar-refractivity contribution < 1.29 is 4.79 Å². The van der Waals surface area contributed by atoms with Crippen LogP contribution in [0.2, 0.25) is 0 Å². The third-order valence-corrected chi connectivity index (χ3v) is 1.33. The Balaban J connectivity index is 3.17. The van der Waals surface area contributed by atoms with Crippen molar-refractivity contribution >= 4 is 5.78 Å². The zero-order chi connectivity index (χ0) is 7.82. The minimum atomic E-state index is 0.345. The van der Waals surface area contributed by atoms with E-state index in [1.54, 1.807) is 0 Å². The Morgan fingerprint density at radius 2 is 2.20 bits per heavy atom. The first kappa shape index (κ1) is 9.23. The maximum Gasteiger partial charge on any atom is 0.132 e. The first-order valence-electron chi connectivity index (χ1n) is 3.72. The maximum absolute atomic E-state index is 10.7. The lowest BCUT2D eigenvalue weighted by Gasteiger charge is -1.91. The fourth-order valence-electron chi connectivity index (χ4n) is 0.676. The molecule has 0 aliphatic heterocycles. The SMILES string of the molecule is CC#CCCCC(=O)CC. The monoisotopic (exact) mass is 138 g/mol. The lowest BCUT2D eigenvalue weighted by Crippen LogP contribution is -1.93. The maximum atomic E-state index is 10.7. The third-order valence-electron chi connectivity index (χ3n) is 1.33. The van der Waals surface area contributed by atoms with Gasteiger partial charge in [0, 0.05) is 19.3 Å². The van der Waals surface area contributed by atoms with Crippen LogP contribution in [0.3, 0.4) is 0 Å². The van der Waals surface area contributed by atoms with E-state index in [0.29, 0.717) is 18.6 Å². The van der Waals surface area contributed by atoms with Gasteiger partial charge < -0.3 is 0 Å². The normalized spacial score (nSPS) is 8.20. The highest BCUT2D eigenvalue weighted by atomic mass is 16.1. The molecule has 0 bridgehead atoms. The third kappa shape index (κ3) is 5.37. The molecule has 0 N–H and O–H groups in total. The summed E-state index contributed by atoms with van der Waals surface area (Å²) in [5.41, 5.74) is 0. The van der Waals surface area contributed by atoms with Gasteiger partial charge in [0.2, 0.25) is 0 Å². The first-order chi connectivity index (χ1) is 4.81. The second-order valence-corrected chi connectivity index (χ2v) is 2.17. The van der Waals surface area contributed by atoms with Crippen molar-refractivity contribution in [1.82, 2.24) is 0 Å². The summed E-state index contributed by atoms with van der Waals surface area (Å²) in [4.78, 5) is 10.7. The van der Waals surface area contributed by atoms with Gasteiger partial charge in [0.1, 0.15) is 5.78 Å². The van der Waals surface area contributed by atoms with Crippen molar-refractivity contribution in [2.45, 2.75) is 39.5 Å². The van der Waals surface area contributed by atoms with Gasteiger partial charge in [-0.2, -0.15) is 0 Å². The van der Waals surface area contributed by atoms with Crippen LogP contribution < -0.4 is 0 Å². The van der Waals surface area contributed by atoms with Gasteiger partial charge in [0.25, 0.3) is 0 Å².